The van der Waals surface area contributed by atoms with Crippen molar-refractivity contribution in [1.29, 1.82) is 0 Å². The molecular formula is C24H34O2S2. The Morgan fingerprint density at radius 1 is 0.607 bits per heavy atom. The molecule has 0 N–H and O–H groups in total. The Balaban J connectivity index is 2.48. The van der Waals surface area contributed by atoms with Gasteiger partial charge in [-0.2, -0.15) is 0 Å². The van der Waals surface area contributed by atoms with E-state index in [1.165, 1.54) is 22.3 Å². The maximum Gasteiger partial charge on any atom is 0.137 e. The Kier molecular flexibility index (Phi) is 7.09. The summed E-state index contributed by atoms with van der Waals surface area (Å²) in [6.45, 7) is 17.7. The number of rotatable bonds is 5. The summed E-state index contributed by atoms with van der Waals surface area (Å²) in [7, 11) is 7.00. The van der Waals surface area contributed by atoms with Gasteiger partial charge in [0.25, 0.3) is 0 Å². The average molecular weight is 419 g/mol. The molecule has 0 saturated carbocycles. The van der Waals surface area contributed by atoms with Gasteiger partial charge in [-0.25, -0.2) is 0 Å². The van der Waals surface area contributed by atoms with Crippen LogP contribution in [0.5, 0.6) is 11.5 Å². The third-order valence-corrected chi connectivity index (χ3v) is 7.02. The van der Waals surface area contributed by atoms with Crippen LogP contribution in [0.15, 0.2) is 34.1 Å². The average Bonchev–Trinajstić information content (AvgIpc) is 2.57. The summed E-state index contributed by atoms with van der Waals surface area (Å²) in [5.74, 6) is 1.94. The number of methoxy groups -OCH3 is 2. The zero-order valence-corrected chi connectivity index (χ0v) is 20.6. The van der Waals surface area contributed by atoms with E-state index in [-0.39, 0.29) is 10.8 Å². The Morgan fingerprint density at radius 2 is 0.929 bits per heavy atom. The molecule has 2 aromatic rings. The SMILES string of the molecule is COc1c(SSc2cc(C)cc(C(C)(C)C)c2OC)cc(C)cc1C(C)(C)C. The van der Waals surface area contributed by atoms with Gasteiger partial charge in [-0.15, -0.1) is 0 Å². The van der Waals surface area contributed by atoms with E-state index < -0.39 is 0 Å². The van der Waals surface area contributed by atoms with Crippen LogP contribution in [0.25, 0.3) is 0 Å². The molecule has 2 nitrogen and oxygen atoms in total. The summed E-state index contributed by atoms with van der Waals surface area (Å²) in [6.07, 6.45) is 0. The second kappa shape index (κ2) is 8.62. The van der Waals surface area contributed by atoms with Gasteiger partial charge in [0, 0.05) is 11.1 Å². The van der Waals surface area contributed by atoms with Crippen LogP contribution >= 0.6 is 21.6 Å². The Hall–Kier alpha value is -1.26. The zero-order chi connectivity index (χ0) is 21.3. The molecule has 0 aromatic heterocycles. The van der Waals surface area contributed by atoms with Crippen LogP contribution in [0.2, 0.25) is 0 Å². The van der Waals surface area contributed by atoms with E-state index in [2.05, 4.69) is 79.7 Å². The smallest absolute Gasteiger partial charge is 0.137 e. The predicted molar refractivity (Wildman–Crippen MR) is 125 cm³/mol. The van der Waals surface area contributed by atoms with Crippen molar-refractivity contribution in [3.05, 3.63) is 46.5 Å². The Bertz CT molecular complexity index is 772. The Labute approximate surface area is 179 Å². The molecule has 0 aliphatic carbocycles. The van der Waals surface area contributed by atoms with Gasteiger partial charge in [0.05, 0.1) is 24.0 Å². The van der Waals surface area contributed by atoms with Crippen LogP contribution in [-0.2, 0) is 10.8 Å². The molecule has 0 saturated heterocycles. The van der Waals surface area contributed by atoms with Crippen molar-refractivity contribution in [1.82, 2.24) is 0 Å². The minimum Gasteiger partial charge on any atom is -0.495 e. The number of ether oxygens (including phenoxy) is 2. The third-order valence-electron chi connectivity index (χ3n) is 4.64. The molecule has 2 aromatic carbocycles. The third kappa shape index (κ3) is 5.21. The normalized spacial score (nSPS) is 12.2. The van der Waals surface area contributed by atoms with Gasteiger partial charge in [-0.1, -0.05) is 53.7 Å². The number of benzene rings is 2. The summed E-state index contributed by atoms with van der Waals surface area (Å²) in [5.41, 5.74) is 5.03. The fourth-order valence-electron chi connectivity index (χ4n) is 3.23. The molecule has 4 heteroatoms. The van der Waals surface area contributed by atoms with Crippen molar-refractivity contribution in [3.63, 3.8) is 0 Å². The highest BCUT2D eigenvalue weighted by Gasteiger charge is 2.24. The lowest BCUT2D eigenvalue weighted by Crippen LogP contribution is -2.14. The van der Waals surface area contributed by atoms with Gasteiger partial charge in [-0.3, -0.25) is 0 Å². The summed E-state index contributed by atoms with van der Waals surface area (Å²) in [6, 6.07) is 8.88. The molecule has 0 atom stereocenters. The highest BCUT2D eigenvalue weighted by molar-refractivity contribution is 8.76. The van der Waals surface area contributed by atoms with E-state index in [0.717, 1.165) is 21.3 Å². The lowest BCUT2D eigenvalue weighted by atomic mass is 9.85. The fourth-order valence-corrected chi connectivity index (χ4v) is 5.70. The molecule has 0 heterocycles. The first-order valence-corrected chi connectivity index (χ1v) is 11.8. The Morgan fingerprint density at radius 3 is 1.18 bits per heavy atom. The van der Waals surface area contributed by atoms with Gasteiger partial charge in [0.2, 0.25) is 0 Å². The van der Waals surface area contributed by atoms with Crippen molar-refractivity contribution >= 4 is 21.6 Å². The molecule has 0 fully saturated rings. The van der Waals surface area contributed by atoms with Crippen molar-refractivity contribution < 1.29 is 9.47 Å². The van der Waals surface area contributed by atoms with Crippen LogP contribution in [0.3, 0.4) is 0 Å². The van der Waals surface area contributed by atoms with E-state index in [1.54, 1.807) is 35.8 Å². The summed E-state index contributed by atoms with van der Waals surface area (Å²) in [5, 5.41) is 0. The maximum atomic E-state index is 5.84. The first-order valence-electron chi connectivity index (χ1n) is 9.61. The summed E-state index contributed by atoms with van der Waals surface area (Å²) >= 11 is 0. The molecule has 154 valence electrons. The van der Waals surface area contributed by atoms with Gasteiger partial charge in [0.1, 0.15) is 11.5 Å². The number of hydrogen-bond acceptors (Lipinski definition) is 4. The molecular weight excluding hydrogens is 384 g/mol. The van der Waals surface area contributed by atoms with Gasteiger partial charge >= 0.3 is 0 Å². The lowest BCUT2D eigenvalue weighted by Gasteiger charge is -2.25. The van der Waals surface area contributed by atoms with Crippen molar-refractivity contribution in [3.8, 4) is 11.5 Å². The van der Waals surface area contributed by atoms with Crippen LogP contribution in [0, 0.1) is 13.8 Å². The fraction of sp³-hybridized carbons (Fsp3) is 0.500. The largest absolute Gasteiger partial charge is 0.495 e. The van der Waals surface area contributed by atoms with Gasteiger partial charge in [0.15, 0.2) is 0 Å². The van der Waals surface area contributed by atoms with Crippen molar-refractivity contribution in [2.24, 2.45) is 0 Å². The monoisotopic (exact) mass is 418 g/mol. The summed E-state index contributed by atoms with van der Waals surface area (Å²) < 4.78 is 11.7. The molecule has 0 aliphatic heterocycles. The minimum absolute atomic E-state index is 0.0256. The number of hydrogen-bond donors (Lipinski definition) is 0. The minimum atomic E-state index is 0.0256. The molecule has 28 heavy (non-hydrogen) atoms. The van der Waals surface area contributed by atoms with E-state index >= 15 is 0 Å². The van der Waals surface area contributed by atoms with Crippen LogP contribution in [0.4, 0.5) is 0 Å². The van der Waals surface area contributed by atoms with Crippen molar-refractivity contribution in [2.75, 3.05) is 14.2 Å². The highest BCUT2D eigenvalue weighted by Crippen LogP contribution is 2.50. The number of aryl methyl sites for hydroxylation is 2. The predicted octanol–water partition coefficient (Wildman–Crippen LogP) is 7.72. The molecule has 0 aliphatic rings. The quantitative estimate of drug-likeness (QED) is 0.462. The van der Waals surface area contributed by atoms with Gasteiger partial charge in [-0.05, 0) is 69.5 Å². The van der Waals surface area contributed by atoms with Gasteiger partial charge < -0.3 is 9.47 Å². The van der Waals surface area contributed by atoms with Crippen LogP contribution in [0.1, 0.15) is 63.8 Å². The first kappa shape index (κ1) is 23.0. The maximum absolute atomic E-state index is 5.84. The van der Waals surface area contributed by atoms with E-state index in [1.807, 2.05) is 0 Å². The van der Waals surface area contributed by atoms with E-state index in [0.29, 0.717) is 0 Å². The van der Waals surface area contributed by atoms with Crippen LogP contribution in [-0.4, -0.2) is 14.2 Å². The van der Waals surface area contributed by atoms with E-state index in [9.17, 15) is 0 Å². The zero-order valence-electron chi connectivity index (χ0n) is 18.9. The topological polar surface area (TPSA) is 18.5 Å². The van der Waals surface area contributed by atoms with Crippen LogP contribution < -0.4 is 9.47 Å². The highest BCUT2D eigenvalue weighted by atomic mass is 33.1. The lowest BCUT2D eigenvalue weighted by molar-refractivity contribution is 0.387. The molecule has 0 radical (unpaired) electrons. The molecule has 0 amide bonds. The van der Waals surface area contributed by atoms with Crippen molar-refractivity contribution in [2.45, 2.75) is 76.0 Å². The molecule has 2 rings (SSSR count). The molecule has 0 bridgehead atoms. The van der Waals surface area contributed by atoms with E-state index in [4.69, 9.17) is 9.47 Å². The standard InChI is InChI=1S/C24H34O2S2/c1-15-11-17(23(3,4)5)21(25-9)19(13-15)27-28-20-14-16(2)12-18(22(20)26-10)24(6,7)8/h11-14H,1-10H3. The first-order chi connectivity index (χ1) is 12.9. The molecule has 0 unspecified atom stereocenters. The second-order valence-corrected chi connectivity index (χ2v) is 11.6. The summed E-state index contributed by atoms with van der Waals surface area (Å²) in [4.78, 5) is 2.30. The second-order valence-electron chi connectivity index (χ2n) is 9.35. The molecule has 0 spiro atoms.